The van der Waals surface area contributed by atoms with Crippen LogP contribution in [0.1, 0.15) is 38.8 Å². The van der Waals surface area contributed by atoms with E-state index in [0.29, 0.717) is 5.41 Å². The summed E-state index contributed by atoms with van der Waals surface area (Å²) in [5, 5.41) is 3.16. The SMILES string of the molecule is CCC1(C)CCN(c2cccc(CNC)n2)CC1. The van der Waals surface area contributed by atoms with Crippen LogP contribution in [-0.2, 0) is 6.54 Å². The molecule has 1 saturated heterocycles. The fourth-order valence-electron chi connectivity index (χ4n) is 2.55. The Labute approximate surface area is 111 Å². The van der Waals surface area contributed by atoms with Crippen molar-refractivity contribution in [2.24, 2.45) is 5.41 Å². The lowest BCUT2D eigenvalue weighted by molar-refractivity contribution is 0.238. The molecule has 1 aliphatic heterocycles. The Morgan fingerprint density at radius 3 is 2.67 bits per heavy atom. The fraction of sp³-hybridized carbons (Fsp3) is 0.667. The summed E-state index contributed by atoms with van der Waals surface area (Å²) in [5.41, 5.74) is 1.66. The van der Waals surface area contributed by atoms with Gasteiger partial charge in [-0.15, -0.1) is 0 Å². The Morgan fingerprint density at radius 1 is 1.33 bits per heavy atom. The minimum Gasteiger partial charge on any atom is -0.357 e. The van der Waals surface area contributed by atoms with Crippen LogP contribution in [-0.4, -0.2) is 25.1 Å². The summed E-state index contributed by atoms with van der Waals surface area (Å²) in [6, 6.07) is 6.33. The van der Waals surface area contributed by atoms with Crippen molar-refractivity contribution in [2.75, 3.05) is 25.0 Å². The highest BCUT2D eigenvalue weighted by atomic mass is 15.2. The fourth-order valence-corrected chi connectivity index (χ4v) is 2.55. The molecule has 2 rings (SSSR count). The summed E-state index contributed by atoms with van der Waals surface area (Å²) in [7, 11) is 1.96. The van der Waals surface area contributed by atoms with Crippen molar-refractivity contribution < 1.29 is 0 Å². The molecule has 1 aromatic heterocycles. The molecule has 1 aromatic rings. The standard InChI is InChI=1S/C15H25N3/c1-4-15(2)8-10-18(11-9-15)14-7-5-6-13(17-14)12-16-3/h5-7,16H,4,8-12H2,1-3H3. The average molecular weight is 247 g/mol. The van der Waals surface area contributed by atoms with Gasteiger partial charge in [0.05, 0.1) is 5.69 Å². The minimum absolute atomic E-state index is 0.541. The van der Waals surface area contributed by atoms with Crippen LogP contribution in [0.3, 0.4) is 0 Å². The van der Waals surface area contributed by atoms with Crippen molar-refractivity contribution in [1.82, 2.24) is 10.3 Å². The average Bonchev–Trinajstić information content (AvgIpc) is 2.40. The van der Waals surface area contributed by atoms with Crippen molar-refractivity contribution >= 4 is 5.82 Å². The van der Waals surface area contributed by atoms with E-state index in [-0.39, 0.29) is 0 Å². The second-order valence-corrected chi connectivity index (χ2v) is 5.67. The number of hydrogen-bond donors (Lipinski definition) is 1. The molecule has 3 nitrogen and oxygen atoms in total. The van der Waals surface area contributed by atoms with E-state index in [1.54, 1.807) is 0 Å². The highest BCUT2D eigenvalue weighted by Crippen LogP contribution is 2.35. The Balaban J connectivity index is 2.03. The van der Waals surface area contributed by atoms with Crippen LogP contribution in [0.25, 0.3) is 0 Å². The van der Waals surface area contributed by atoms with Crippen LogP contribution in [0.4, 0.5) is 5.82 Å². The van der Waals surface area contributed by atoms with Gasteiger partial charge in [0.1, 0.15) is 5.82 Å². The number of nitrogens with one attached hydrogen (secondary N) is 1. The Kier molecular flexibility index (Phi) is 4.23. The van der Waals surface area contributed by atoms with Crippen molar-refractivity contribution in [3.05, 3.63) is 23.9 Å². The van der Waals surface area contributed by atoms with Crippen molar-refractivity contribution in [1.29, 1.82) is 0 Å². The monoisotopic (exact) mass is 247 g/mol. The van der Waals surface area contributed by atoms with Gasteiger partial charge in [-0.3, -0.25) is 0 Å². The lowest BCUT2D eigenvalue weighted by Gasteiger charge is -2.39. The van der Waals surface area contributed by atoms with Crippen LogP contribution in [0.5, 0.6) is 0 Å². The maximum Gasteiger partial charge on any atom is 0.128 e. The molecular formula is C15H25N3. The van der Waals surface area contributed by atoms with Gasteiger partial charge in [0, 0.05) is 19.6 Å². The van der Waals surface area contributed by atoms with E-state index in [9.17, 15) is 0 Å². The third-order valence-corrected chi connectivity index (χ3v) is 4.30. The highest BCUT2D eigenvalue weighted by molar-refractivity contribution is 5.39. The molecule has 0 bridgehead atoms. The zero-order valence-electron chi connectivity index (χ0n) is 11.9. The summed E-state index contributed by atoms with van der Waals surface area (Å²) in [4.78, 5) is 7.15. The number of aromatic nitrogens is 1. The number of rotatable bonds is 4. The number of anilines is 1. The van der Waals surface area contributed by atoms with Crippen LogP contribution in [0.2, 0.25) is 0 Å². The first-order valence-electron chi connectivity index (χ1n) is 7.02. The van der Waals surface area contributed by atoms with Crippen molar-refractivity contribution in [3.8, 4) is 0 Å². The van der Waals surface area contributed by atoms with Gasteiger partial charge in [-0.05, 0) is 37.4 Å². The van der Waals surface area contributed by atoms with E-state index in [2.05, 4.69) is 42.3 Å². The van der Waals surface area contributed by atoms with E-state index in [1.807, 2.05) is 7.05 Å². The first-order valence-corrected chi connectivity index (χ1v) is 7.02. The van der Waals surface area contributed by atoms with Crippen molar-refractivity contribution in [3.63, 3.8) is 0 Å². The van der Waals surface area contributed by atoms with Gasteiger partial charge >= 0.3 is 0 Å². The molecule has 0 spiro atoms. The first-order chi connectivity index (χ1) is 8.67. The van der Waals surface area contributed by atoms with E-state index in [0.717, 1.165) is 31.1 Å². The molecule has 0 amide bonds. The van der Waals surface area contributed by atoms with Crippen LogP contribution >= 0.6 is 0 Å². The second kappa shape index (κ2) is 5.70. The highest BCUT2D eigenvalue weighted by Gasteiger charge is 2.28. The molecule has 100 valence electrons. The van der Waals surface area contributed by atoms with Gasteiger partial charge in [-0.1, -0.05) is 26.3 Å². The van der Waals surface area contributed by atoms with Gasteiger partial charge < -0.3 is 10.2 Å². The maximum atomic E-state index is 4.72. The topological polar surface area (TPSA) is 28.2 Å². The summed E-state index contributed by atoms with van der Waals surface area (Å²) in [6.45, 7) is 7.84. The lowest BCUT2D eigenvalue weighted by atomic mass is 9.78. The Hall–Kier alpha value is -1.09. The number of nitrogens with zero attached hydrogens (tertiary/aromatic N) is 2. The molecule has 0 radical (unpaired) electrons. The molecule has 0 aliphatic carbocycles. The quantitative estimate of drug-likeness (QED) is 0.887. The van der Waals surface area contributed by atoms with Crippen LogP contribution < -0.4 is 10.2 Å². The Bertz CT molecular complexity index is 381. The molecule has 1 aliphatic rings. The van der Waals surface area contributed by atoms with E-state index < -0.39 is 0 Å². The first kappa shape index (κ1) is 13.3. The molecule has 2 heterocycles. The molecule has 1 N–H and O–H groups in total. The minimum atomic E-state index is 0.541. The third-order valence-electron chi connectivity index (χ3n) is 4.30. The zero-order valence-corrected chi connectivity index (χ0v) is 11.9. The second-order valence-electron chi connectivity index (χ2n) is 5.67. The Morgan fingerprint density at radius 2 is 2.06 bits per heavy atom. The van der Waals surface area contributed by atoms with Gasteiger partial charge in [0.25, 0.3) is 0 Å². The molecule has 3 heteroatoms. The van der Waals surface area contributed by atoms with Crippen LogP contribution in [0, 0.1) is 5.41 Å². The van der Waals surface area contributed by atoms with Gasteiger partial charge in [-0.2, -0.15) is 0 Å². The largest absolute Gasteiger partial charge is 0.357 e. The zero-order chi connectivity index (χ0) is 13.0. The summed E-state index contributed by atoms with van der Waals surface area (Å²) >= 11 is 0. The molecule has 0 aromatic carbocycles. The van der Waals surface area contributed by atoms with E-state index in [1.165, 1.54) is 19.3 Å². The smallest absolute Gasteiger partial charge is 0.128 e. The van der Waals surface area contributed by atoms with E-state index in [4.69, 9.17) is 4.98 Å². The number of hydrogen-bond acceptors (Lipinski definition) is 3. The lowest BCUT2D eigenvalue weighted by Crippen LogP contribution is -2.38. The molecule has 0 unspecified atom stereocenters. The summed E-state index contributed by atoms with van der Waals surface area (Å²) in [5.74, 6) is 1.14. The van der Waals surface area contributed by atoms with Gasteiger partial charge in [-0.25, -0.2) is 4.98 Å². The molecule has 18 heavy (non-hydrogen) atoms. The van der Waals surface area contributed by atoms with Gasteiger partial charge in [0.15, 0.2) is 0 Å². The molecule has 1 fully saturated rings. The predicted octanol–water partition coefficient (Wildman–Crippen LogP) is 2.82. The molecule has 0 saturated carbocycles. The number of piperidine rings is 1. The third kappa shape index (κ3) is 3.02. The molecule has 0 atom stereocenters. The van der Waals surface area contributed by atoms with Crippen molar-refractivity contribution in [2.45, 2.75) is 39.7 Å². The normalized spacial score (nSPS) is 18.9. The summed E-state index contributed by atoms with van der Waals surface area (Å²) < 4.78 is 0. The predicted molar refractivity (Wildman–Crippen MR) is 76.8 cm³/mol. The summed E-state index contributed by atoms with van der Waals surface area (Å²) in [6.07, 6.45) is 3.84. The van der Waals surface area contributed by atoms with Crippen LogP contribution in [0.15, 0.2) is 18.2 Å². The molecular weight excluding hydrogens is 222 g/mol. The van der Waals surface area contributed by atoms with E-state index >= 15 is 0 Å². The van der Waals surface area contributed by atoms with Gasteiger partial charge in [0.2, 0.25) is 0 Å². The maximum absolute atomic E-state index is 4.72. The number of pyridine rings is 1.